The zero-order valence-electron chi connectivity index (χ0n) is 11.6. The Morgan fingerprint density at radius 2 is 1.76 bits per heavy atom. The van der Waals surface area contributed by atoms with Crippen molar-refractivity contribution in [2.24, 2.45) is 5.41 Å². The summed E-state index contributed by atoms with van der Waals surface area (Å²) in [6.07, 6.45) is 3.61. The highest BCUT2D eigenvalue weighted by molar-refractivity contribution is 4.92. The molecule has 3 nitrogen and oxygen atoms in total. The second-order valence-electron chi connectivity index (χ2n) is 6.75. The molecule has 1 heterocycles. The van der Waals surface area contributed by atoms with Gasteiger partial charge in [-0.15, -0.1) is 0 Å². The zero-order chi connectivity index (χ0) is 12.6. The Morgan fingerprint density at radius 1 is 1.18 bits per heavy atom. The van der Waals surface area contributed by atoms with E-state index in [1.807, 2.05) is 0 Å². The van der Waals surface area contributed by atoms with Crippen LogP contribution in [0.1, 0.15) is 47.0 Å². The van der Waals surface area contributed by atoms with Crippen molar-refractivity contribution in [3.8, 4) is 0 Å². The molecule has 4 unspecified atom stereocenters. The van der Waals surface area contributed by atoms with E-state index in [-0.39, 0.29) is 18.3 Å². The lowest BCUT2D eigenvalue weighted by atomic mass is 9.73. The molecule has 1 N–H and O–H groups in total. The van der Waals surface area contributed by atoms with Crippen LogP contribution in [0, 0.1) is 5.41 Å². The third-order valence-corrected chi connectivity index (χ3v) is 4.24. The number of ether oxygens (including phenoxy) is 1. The first kappa shape index (κ1) is 13.3. The van der Waals surface area contributed by atoms with Gasteiger partial charge in [0, 0.05) is 19.1 Å². The second kappa shape index (κ2) is 4.87. The van der Waals surface area contributed by atoms with Crippen LogP contribution in [0.25, 0.3) is 0 Å². The molecule has 1 aliphatic carbocycles. The molecule has 100 valence electrons. The Balaban J connectivity index is 2.04. The van der Waals surface area contributed by atoms with E-state index < -0.39 is 0 Å². The van der Waals surface area contributed by atoms with Crippen LogP contribution >= 0.6 is 0 Å². The smallest absolute Gasteiger partial charge is 0.0695 e. The Morgan fingerprint density at radius 3 is 2.35 bits per heavy atom. The molecule has 0 amide bonds. The summed E-state index contributed by atoms with van der Waals surface area (Å²) >= 11 is 0. The Kier molecular flexibility index (Phi) is 3.81. The SMILES string of the molecule is CC1CN(C2CC(C)(C)CCC2O)CC(C)O1. The van der Waals surface area contributed by atoms with Crippen molar-refractivity contribution in [2.75, 3.05) is 13.1 Å². The highest BCUT2D eigenvalue weighted by Gasteiger charge is 2.39. The molecule has 0 aromatic heterocycles. The fourth-order valence-corrected chi connectivity index (χ4v) is 3.40. The molecule has 1 saturated heterocycles. The van der Waals surface area contributed by atoms with E-state index in [0.717, 1.165) is 32.4 Å². The fourth-order valence-electron chi connectivity index (χ4n) is 3.40. The second-order valence-corrected chi connectivity index (χ2v) is 6.75. The molecule has 2 rings (SSSR count). The monoisotopic (exact) mass is 241 g/mol. The maximum Gasteiger partial charge on any atom is 0.0695 e. The molecule has 4 atom stereocenters. The molecule has 1 saturated carbocycles. The van der Waals surface area contributed by atoms with Crippen molar-refractivity contribution < 1.29 is 9.84 Å². The molecule has 0 bridgehead atoms. The summed E-state index contributed by atoms with van der Waals surface area (Å²) in [4.78, 5) is 2.45. The van der Waals surface area contributed by atoms with Crippen molar-refractivity contribution in [2.45, 2.75) is 71.3 Å². The highest BCUT2D eigenvalue weighted by atomic mass is 16.5. The summed E-state index contributed by atoms with van der Waals surface area (Å²) in [7, 11) is 0. The third-order valence-electron chi connectivity index (χ3n) is 4.24. The van der Waals surface area contributed by atoms with Crippen LogP contribution in [-0.4, -0.2) is 47.4 Å². The van der Waals surface area contributed by atoms with E-state index in [2.05, 4.69) is 32.6 Å². The number of aliphatic hydroxyl groups is 1. The third kappa shape index (κ3) is 3.21. The molecule has 0 radical (unpaired) electrons. The van der Waals surface area contributed by atoms with Gasteiger partial charge in [0.15, 0.2) is 0 Å². The molecule has 2 aliphatic rings. The van der Waals surface area contributed by atoms with Crippen molar-refractivity contribution in [1.82, 2.24) is 4.90 Å². The van der Waals surface area contributed by atoms with E-state index in [9.17, 15) is 5.11 Å². The molecule has 0 spiro atoms. The lowest BCUT2D eigenvalue weighted by molar-refractivity contribution is -0.111. The Labute approximate surface area is 105 Å². The van der Waals surface area contributed by atoms with Gasteiger partial charge >= 0.3 is 0 Å². The van der Waals surface area contributed by atoms with Gasteiger partial charge in [0.25, 0.3) is 0 Å². The average molecular weight is 241 g/mol. The summed E-state index contributed by atoms with van der Waals surface area (Å²) in [5.74, 6) is 0. The Bertz CT molecular complexity index is 257. The maximum atomic E-state index is 10.2. The first-order valence-electron chi connectivity index (χ1n) is 6.95. The minimum Gasteiger partial charge on any atom is -0.391 e. The first-order valence-corrected chi connectivity index (χ1v) is 6.95. The quantitative estimate of drug-likeness (QED) is 0.762. The van der Waals surface area contributed by atoms with E-state index in [4.69, 9.17) is 4.74 Å². The van der Waals surface area contributed by atoms with Gasteiger partial charge in [-0.3, -0.25) is 4.90 Å². The number of hydrogen-bond acceptors (Lipinski definition) is 3. The molecule has 17 heavy (non-hydrogen) atoms. The van der Waals surface area contributed by atoms with Gasteiger partial charge in [-0.25, -0.2) is 0 Å². The molecule has 0 aromatic carbocycles. The summed E-state index contributed by atoms with van der Waals surface area (Å²) in [6, 6.07) is 0.326. The molecule has 3 heteroatoms. The van der Waals surface area contributed by atoms with Gasteiger partial charge < -0.3 is 9.84 Å². The number of rotatable bonds is 1. The van der Waals surface area contributed by atoms with Crippen LogP contribution in [-0.2, 0) is 4.74 Å². The van der Waals surface area contributed by atoms with Crippen LogP contribution in [0.4, 0.5) is 0 Å². The van der Waals surface area contributed by atoms with E-state index in [1.54, 1.807) is 0 Å². The first-order chi connectivity index (χ1) is 7.87. The van der Waals surface area contributed by atoms with Gasteiger partial charge in [-0.05, 0) is 38.5 Å². The lowest BCUT2D eigenvalue weighted by Crippen LogP contribution is -2.56. The predicted octanol–water partition coefficient (Wildman–Crippen LogP) is 2.04. The van der Waals surface area contributed by atoms with Crippen molar-refractivity contribution in [1.29, 1.82) is 0 Å². The fraction of sp³-hybridized carbons (Fsp3) is 1.00. The number of aliphatic hydroxyl groups excluding tert-OH is 1. The van der Waals surface area contributed by atoms with Crippen LogP contribution < -0.4 is 0 Å². The zero-order valence-corrected chi connectivity index (χ0v) is 11.6. The van der Waals surface area contributed by atoms with Gasteiger partial charge in [0.05, 0.1) is 18.3 Å². The normalized spacial score (nSPS) is 43.6. The largest absolute Gasteiger partial charge is 0.391 e. The topological polar surface area (TPSA) is 32.7 Å². The molecule has 1 aliphatic heterocycles. The molecular weight excluding hydrogens is 214 g/mol. The van der Waals surface area contributed by atoms with Gasteiger partial charge in [0.2, 0.25) is 0 Å². The number of nitrogens with zero attached hydrogens (tertiary/aromatic N) is 1. The van der Waals surface area contributed by atoms with Gasteiger partial charge in [0.1, 0.15) is 0 Å². The number of morpholine rings is 1. The van der Waals surface area contributed by atoms with E-state index >= 15 is 0 Å². The lowest BCUT2D eigenvalue weighted by Gasteiger charge is -2.47. The van der Waals surface area contributed by atoms with Crippen LogP contribution in [0.3, 0.4) is 0 Å². The van der Waals surface area contributed by atoms with E-state index in [0.29, 0.717) is 11.5 Å². The summed E-state index contributed by atoms with van der Waals surface area (Å²) in [6.45, 7) is 10.8. The molecular formula is C14H27NO2. The average Bonchev–Trinajstić information content (AvgIpc) is 2.20. The van der Waals surface area contributed by atoms with Crippen molar-refractivity contribution in [3.63, 3.8) is 0 Å². The van der Waals surface area contributed by atoms with Crippen molar-refractivity contribution in [3.05, 3.63) is 0 Å². The van der Waals surface area contributed by atoms with Crippen LogP contribution in [0.2, 0.25) is 0 Å². The summed E-state index contributed by atoms with van der Waals surface area (Å²) < 4.78 is 5.77. The predicted molar refractivity (Wildman–Crippen MR) is 69.0 cm³/mol. The summed E-state index contributed by atoms with van der Waals surface area (Å²) in [5.41, 5.74) is 0.370. The van der Waals surface area contributed by atoms with Crippen LogP contribution in [0.5, 0.6) is 0 Å². The van der Waals surface area contributed by atoms with Gasteiger partial charge in [-0.1, -0.05) is 13.8 Å². The molecule has 0 aromatic rings. The Hall–Kier alpha value is -0.120. The van der Waals surface area contributed by atoms with Crippen molar-refractivity contribution >= 4 is 0 Å². The maximum absolute atomic E-state index is 10.2. The standard InChI is InChI=1S/C14H27NO2/c1-10-8-15(9-11(2)17-10)12-7-14(3,4)6-5-13(12)16/h10-13,16H,5-9H2,1-4H3. The van der Waals surface area contributed by atoms with Gasteiger partial charge in [-0.2, -0.15) is 0 Å². The molecule has 2 fully saturated rings. The summed E-state index contributed by atoms with van der Waals surface area (Å²) in [5, 5.41) is 10.2. The number of hydrogen-bond donors (Lipinski definition) is 1. The van der Waals surface area contributed by atoms with E-state index in [1.165, 1.54) is 0 Å². The minimum absolute atomic E-state index is 0.152. The highest BCUT2D eigenvalue weighted by Crippen LogP contribution is 2.38. The minimum atomic E-state index is -0.152. The van der Waals surface area contributed by atoms with Crippen LogP contribution in [0.15, 0.2) is 0 Å².